The van der Waals surface area contributed by atoms with Crippen molar-refractivity contribution >= 4 is 23.4 Å². The topological polar surface area (TPSA) is 90.7 Å². The molecule has 28 heavy (non-hydrogen) atoms. The molecule has 0 unspecified atom stereocenters. The second-order valence-electron chi connectivity index (χ2n) is 6.09. The number of ether oxygens (including phenoxy) is 2. The molecule has 8 heteroatoms. The third-order valence-electron chi connectivity index (χ3n) is 4.20. The van der Waals surface area contributed by atoms with Crippen molar-refractivity contribution in [3.63, 3.8) is 0 Å². The van der Waals surface area contributed by atoms with Gasteiger partial charge in [0, 0.05) is 23.9 Å². The lowest BCUT2D eigenvalue weighted by Crippen LogP contribution is -2.27. The summed E-state index contributed by atoms with van der Waals surface area (Å²) >= 11 is 1.44. The zero-order valence-corrected chi connectivity index (χ0v) is 17.0. The normalized spacial score (nSPS) is 11.5. The van der Waals surface area contributed by atoms with Crippen LogP contribution in [0.4, 0.5) is 5.69 Å². The first-order valence-corrected chi connectivity index (χ1v) is 9.83. The van der Waals surface area contributed by atoms with Crippen LogP contribution in [0.3, 0.4) is 0 Å². The predicted molar refractivity (Wildman–Crippen MR) is 110 cm³/mol. The second-order valence-corrected chi connectivity index (χ2v) is 7.42. The number of hydrogen-bond donors (Lipinski definition) is 1. The second kappa shape index (κ2) is 10.6. The minimum Gasteiger partial charge on any atom is -0.493 e. The van der Waals surface area contributed by atoms with Crippen molar-refractivity contribution in [2.75, 3.05) is 26.5 Å². The number of hydrogen-bond acceptors (Lipinski definition) is 6. The Bertz CT molecular complexity index is 828. The zero-order valence-electron chi connectivity index (χ0n) is 16.1. The number of amides is 1. The van der Waals surface area contributed by atoms with Crippen LogP contribution in [0.5, 0.6) is 11.5 Å². The van der Waals surface area contributed by atoms with E-state index in [0.717, 1.165) is 11.1 Å². The Morgan fingerprint density at radius 3 is 2.61 bits per heavy atom. The molecule has 0 aliphatic rings. The maximum absolute atomic E-state index is 12.1. The molecule has 0 fully saturated rings. The van der Waals surface area contributed by atoms with E-state index in [1.165, 1.54) is 17.8 Å². The van der Waals surface area contributed by atoms with Crippen molar-refractivity contribution in [2.24, 2.45) is 0 Å². The number of nitro benzene ring substituents is 1. The van der Waals surface area contributed by atoms with Gasteiger partial charge in [-0.3, -0.25) is 14.9 Å². The molecule has 0 aliphatic heterocycles. The van der Waals surface area contributed by atoms with Gasteiger partial charge in [0.15, 0.2) is 11.5 Å². The lowest BCUT2D eigenvalue weighted by atomic mass is 10.1. The van der Waals surface area contributed by atoms with Crippen LogP contribution in [0, 0.1) is 10.1 Å². The first kappa shape index (κ1) is 21.6. The number of nitrogens with one attached hydrogen (secondary N) is 1. The Morgan fingerprint density at radius 1 is 1.18 bits per heavy atom. The van der Waals surface area contributed by atoms with Crippen LogP contribution in [-0.4, -0.2) is 37.3 Å². The van der Waals surface area contributed by atoms with Gasteiger partial charge in [0.1, 0.15) is 0 Å². The summed E-state index contributed by atoms with van der Waals surface area (Å²) in [6.45, 7) is 2.45. The van der Waals surface area contributed by atoms with Crippen LogP contribution in [0.1, 0.15) is 23.3 Å². The van der Waals surface area contributed by atoms with E-state index in [1.54, 1.807) is 26.4 Å². The lowest BCUT2D eigenvalue weighted by Gasteiger charge is -2.12. The molecule has 150 valence electrons. The van der Waals surface area contributed by atoms with Gasteiger partial charge >= 0.3 is 0 Å². The molecule has 1 atom stereocenters. The summed E-state index contributed by atoms with van der Waals surface area (Å²) in [5.74, 6) is 1.55. The van der Waals surface area contributed by atoms with Crippen molar-refractivity contribution in [3.8, 4) is 11.5 Å². The Hall–Kier alpha value is -2.74. The predicted octanol–water partition coefficient (Wildman–Crippen LogP) is 3.77. The van der Waals surface area contributed by atoms with Crippen LogP contribution < -0.4 is 14.8 Å². The molecule has 2 aromatic carbocycles. The van der Waals surface area contributed by atoms with E-state index in [2.05, 4.69) is 5.32 Å². The van der Waals surface area contributed by atoms with Crippen molar-refractivity contribution in [1.82, 2.24) is 5.32 Å². The highest BCUT2D eigenvalue weighted by atomic mass is 32.2. The quantitative estimate of drug-likeness (QED) is 0.479. The SMILES string of the molecule is COc1ccc(CCNC(=O)CS[C@H](C)c2cccc([N+](=O)[O-])c2)cc1OC. The third-order valence-corrected chi connectivity index (χ3v) is 5.40. The molecule has 0 heterocycles. The molecule has 0 spiro atoms. The van der Waals surface area contributed by atoms with Crippen molar-refractivity contribution in [2.45, 2.75) is 18.6 Å². The molecule has 1 N–H and O–H groups in total. The van der Waals surface area contributed by atoms with Crippen LogP contribution in [0.15, 0.2) is 42.5 Å². The maximum atomic E-state index is 12.1. The van der Waals surface area contributed by atoms with Gasteiger partial charge in [-0.05, 0) is 36.6 Å². The summed E-state index contributed by atoms with van der Waals surface area (Å²) in [5, 5.41) is 13.7. The van der Waals surface area contributed by atoms with Gasteiger partial charge in [-0.15, -0.1) is 11.8 Å². The smallest absolute Gasteiger partial charge is 0.269 e. The van der Waals surface area contributed by atoms with Crippen LogP contribution in [-0.2, 0) is 11.2 Å². The molecule has 2 rings (SSSR count). The standard InChI is InChI=1S/C20H24N2O5S/c1-14(16-5-4-6-17(12-16)22(24)25)28-13-20(23)21-10-9-15-7-8-18(26-2)19(11-15)27-3/h4-8,11-12,14H,9-10,13H2,1-3H3,(H,21,23)/t14-/m1/s1. The largest absolute Gasteiger partial charge is 0.493 e. The molecule has 0 bridgehead atoms. The highest BCUT2D eigenvalue weighted by Gasteiger charge is 2.13. The van der Waals surface area contributed by atoms with Gasteiger partial charge in [0.2, 0.25) is 5.91 Å². The van der Waals surface area contributed by atoms with Gasteiger partial charge in [0.05, 0.1) is 24.9 Å². The number of carbonyl (C=O) groups is 1. The maximum Gasteiger partial charge on any atom is 0.269 e. The van der Waals surface area contributed by atoms with E-state index in [9.17, 15) is 14.9 Å². The molecular formula is C20H24N2O5S. The first-order valence-electron chi connectivity index (χ1n) is 8.78. The highest BCUT2D eigenvalue weighted by Crippen LogP contribution is 2.30. The summed E-state index contributed by atoms with van der Waals surface area (Å²) in [7, 11) is 3.17. The number of rotatable bonds is 10. The van der Waals surface area contributed by atoms with Crippen LogP contribution in [0.25, 0.3) is 0 Å². The number of thioether (sulfide) groups is 1. The molecule has 0 aromatic heterocycles. The summed E-state index contributed by atoms with van der Waals surface area (Å²) in [4.78, 5) is 22.5. The summed E-state index contributed by atoms with van der Waals surface area (Å²) in [6, 6.07) is 12.2. The van der Waals surface area contributed by atoms with Gasteiger partial charge in [0.25, 0.3) is 5.69 Å². The molecule has 0 aliphatic carbocycles. The van der Waals surface area contributed by atoms with E-state index < -0.39 is 4.92 Å². The van der Waals surface area contributed by atoms with Gasteiger partial charge in [-0.25, -0.2) is 0 Å². The highest BCUT2D eigenvalue weighted by molar-refractivity contribution is 8.00. The summed E-state index contributed by atoms with van der Waals surface area (Å²) in [5.41, 5.74) is 1.93. The number of nitrogens with zero attached hydrogens (tertiary/aromatic N) is 1. The fraction of sp³-hybridized carbons (Fsp3) is 0.350. The average Bonchev–Trinajstić information content (AvgIpc) is 2.71. The summed E-state index contributed by atoms with van der Waals surface area (Å²) < 4.78 is 10.5. The number of carbonyl (C=O) groups excluding carboxylic acids is 1. The molecule has 7 nitrogen and oxygen atoms in total. The first-order chi connectivity index (χ1) is 13.4. The Kier molecular flexibility index (Phi) is 8.13. The molecule has 0 saturated carbocycles. The number of non-ortho nitro benzene ring substituents is 1. The minimum atomic E-state index is -0.415. The molecule has 0 radical (unpaired) electrons. The molecule has 2 aromatic rings. The molecular weight excluding hydrogens is 380 g/mol. The van der Waals surface area contributed by atoms with Crippen LogP contribution in [0.2, 0.25) is 0 Å². The molecule has 1 amide bonds. The Morgan fingerprint density at radius 2 is 1.93 bits per heavy atom. The number of benzene rings is 2. The van der Waals surface area contributed by atoms with E-state index >= 15 is 0 Å². The van der Waals surface area contributed by atoms with E-state index in [0.29, 0.717) is 24.5 Å². The van der Waals surface area contributed by atoms with E-state index in [4.69, 9.17) is 9.47 Å². The fourth-order valence-electron chi connectivity index (χ4n) is 2.62. The van der Waals surface area contributed by atoms with Gasteiger partial charge < -0.3 is 14.8 Å². The van der Waals surface area contributed by atoms with Crippen molar-refractivity contribution in [1.29, 1.82) is 0 Å². The number of nitro groups is 1. The van der Waals surface area contributed by atoms with Crippen molar-refractivity contribution < 1.29 is 19.2 Å². The number of methoxy groups -OCH3 is 2. The molecule has 0 saturated heterocycles. The minimum absolute atomic E-state index is 0.0171. The summed E-state index contributed by atoms with van der Waals surface area (Å²) in [6.07, 6.45) is 0.678. The van der Waals surface area contributed by atoms with Gasteiger partial charge in [-0.2, -0.15) is 0 Å². The average molecular weight is 404 g/mol. The fourth-order valence-corrected chi connectivity index (χ4v) is 3.46. The third kappa shape index (κ3) is 6.16. The lowest BCUT2D eigenvalue weighted by molar-refractivity contribution is -0.384. The van der Waals surface area contributed by atoms with Crippen molar-refractivity contribution in [3.05, 3.63) is 63.7 Å². The monoisotopic (exact) mass is 404 g/mol. The van der Waals surface area contributed by atoms with Gasteiger partial charge in [-0.1, -0.05) is 18.2 Å². The van der Waals surface area contributed by atoms with Crippen LogP contribution >= 0.6 is 11.8 Å². The Balaban J connectivity index is 1.78. The zero-order chi connectivity index (χ0) is 20.5. The Labute approximate surface area is 168 Å². The van der Waals surface area contributed by atoms with E-state index in [-0.39, 0.29) is 22.6 Å². The van der Waals surface area contributed by atoms with E-state index in [1.807, 2.05) is 31.2 Å².